The molecule has 2 saturated heterocycles. The van der Waals surface area contributed by atoms with E-state index in [0.29, 0.717) is 36.9 Å². The molecule has 0 radical (unpaired) electrons. The van der Waals surface area contributed by atoms with Gasteiger partial charge in [0.1, 0.15) is 5.82 Å². The van der Waals surface area contributed by atoms with Gasteiger partial charge >= 0.3 is 0 Å². The maximum Gasteiger partial charge on any atom is 0.274 e. The lowest BCUT2D eigenvalue weighted by Gasteiger charge is -2.36. The van der Waals surface area contributed by atoms with Crippen molar-refractivity contribution in [2.45, 2.75) is 51.5 Å². The summed E-state index contributed by atoms with van der Waals surface area (Å²) in [6.07, 6.45) is 5.92. The lowest BCUT2D eigenvalue weighted by molar-refractivity contribution is -0.117. The molecule has 2 aromatic heterocycles. The third-order valence-corrected chi connectivity index (χ3v) is 6.59. The molecule has 1 aliphatic carbocycles. The Hall–Kier alpha value is -3.03. The molecule has 8 heteroatoms. The van der Waals surface area contributed by atoms with Gasteiger partial charge in [0.25, 0.3) is 5.91 Å². The summed E-state index contributed by atoms with van der Waals surface area (Å²) >= 11 is 0. The summed E-state index contributed by atoms with van der Waals surface area (Å²) < 4.78 is 0. The van der Waals surface area contributed by atoms with Crippen molar-refractivity contribution in [1.82, 2.24) is 20.1 Å². The SMILES string of the molecule is Cc1cc(C2CC2)cnc1N1CCN(C(=O)c2ccc(N3C(=O)CCC3C)nn2)CC1. The lowest BCUT2D eigenvalue weighted by Crippen LogP contribution is -2.49. The van der Waals surface area contributed by atoms with E-state index in [0.717, 1.165) is 25.3 Å². The van der Waals surface area contributed by atoms with Gasteiger partial charge in [0.15, 0.2) is 11.5 Å². The highest BCUT2D eigenvalue weighted by Gasteiger charge is 2.31. The van der Waals surface area contributed by atoms with Crippen molar-refractivity contribution in [3.63, 3.8) is 0 Å². The first-order valence-electron chi connectivity index (χ1n) is 11.2. The zero-order valence-corrected chi connectivity index (χ0v) is 18.1. The van der Waals surface area contributed by atoms with Gasteiger partial charge in [0.2, 0.25) is 5.91 Å². The minimum atomic E-state index is -0.117. The second-order valence-corrected chi connectivity index (χ2v) is 8.89. The molecule has 2 aromatic rings. The van der Waals surface area contributed by atoms with Crippen molar-refractivity contribution in [1.29, 1.82) is 0 Å². The first kappa shape index (κ1) is 19.9. The summed E-state index contributed by atoms with van der Waals surface area (Å²) in [7, 11) is 0. The third kappa shape index (κ3) is 3.86. The molecule has 2 aliphatic heterocycles. The maximum absolute atomic E-state index is 12.9. The smallest absolute Gasteiger partial charge is 0.274 e. The molecule has 0 aromatic carbocycles. The number of anilines is 2. The van der Waals surface area contributed by atoms with Gasteiger partial charge in [0, 0.05) is 44.8 Å². The Labute approximate surface area is 182 Å². The van der Waals surface area contributed by atoms with Crippen LogP contribution in [-0.4, -0.2) is 64.1 Å². The molecule has 2 amide bonds. The Bertz CT molecular complexity index is 996. The first-order valence-corrected chi connectivity index (χ1v) is 11.2. The molecule has 1 atom stereocenters. The topological polar surface area (TPSA) is 82.5 Å². The Morgan fingerprint density at radius 3 is 2.42 bits per heavy atom. The molecule has 31 heavy (non-hydrogen) atoms. The Morgan fingerprint density at radius 2 is 1.84 bits per heavy atom. The largest absolute Gasteiger partial charge is 0.353 e. The van der Waals surface area contributed by atoms with Crippen LogP contribution in [0.5, 0.6) is 0 Å². The van der Waals surface area contributed by atoms with Crippen molar-refractivity contribution in [2.75, 3.05) is 36.0 Å². The first-order chi connectivity index (χ1) is 15.0. The second kappa shape index (κ2) is 7.90. The van der Waals surface area contributed by atoms with E-state index >= 15 is 0 Å². The molecule has 5 rings (SSSR count). The van der Waals surface area contributed by atoms with Crippen LogP contribution in [0.4, 0.5) is 11.6 Å². The molecule has 162 valence electrons. The van der Waals surface area contributed by atoms with E-state index in [2.05, 4.69) is 28.1 Å². The highest BCUT2D eigenvalue weighted by molar-refractivity contribution is 5.96. The van der Waals surface area contributed by atoms with Crippen LogP contribution in [0.15, 0.2) is 24.4 Å². The van der Waals surface area contributed by atoms with Crippen molar-refractivity contribution in [3.8, 4) is 0 Å². The van der Waals surface area contributed by atoms with Crippen LogP contribution in [0, 0.1) is 6.92 Å². The molecular formula is C23H28N6O2. The summed E-state index contributed by atoms with van der Waals surface area (Å²) in [6.45, 7) is 6.85. The number of amides is 2. The Balaban J connectivity index is 1.21. The standard InChI is InChI=1S/C23H28N6O2/c1-15-13-18(17-4-5-17)14-24-22(15)27-9-11-28(12-10-27)23(31)19-6-7-20(26-25-19)29-16(2)3-8-21(29)30/h6-7,13-14,16-17H,3-5,8-12H2,1-2H3. The molecule has 4 heterocycles. The molecule has 3 fully saturated rings. The molecular weight excluding hydrogens is 392 g/mol. The maximum atomic E-state index is 12.9. The molecule has 0 spiro atoms. The van der Waals surface area contributed by atoms with E-state index in [4.69, 9.17) is 4.98 Å². The number of aryl methyl sites for hydroxylation is 1. The highest BCUT2D eigenvalue weighted by atomic mass is 16.2. The lowest BCUT2D eigenvalue weighted by atomic mass is 10.1. The zero-order chi connectivity index (χ0) is 21.5. The quantitative estimate of drug-likeness (QED) is 0.756. The van der Waals surface area contributed by atoms with E-state index in [1.165, 1.54) is 24.0 Å². The minimum absolute atomic E-state index is 0.0612. The van der Waals surface area contributed by atoms with Gasteiger partial charge in [-0.15, -0.1) is 10.2 Å². The Morgan fingerprint density at radius 1 is 1.06 bits per heavy atom. The monoisotopic (exact) mass is 420 g/mol. The predicted octanol–water partition coefficient (Wildman–Crippen LogP) is 2.54. The Kier molecular flexibility index (Phi) is 5.08. The fourth-order valence-electron chi connectivity index (χ4n) is 4.59. The van der Waals surface area contributed by atoms with Crippen molar-refractivity contribution in [2.24, 2.45) is 0 Å². The number of carbonyl (C=O) groups is 2. The number of piperazine rings is 1. The molecule has 3 aliphatic rings. The third-order valence-electron chi connectivity index (χ3n) is 6.59. The zero-order valence-electron chi connectivity index (χ0n) is 18.1. The van der Waals surface area contributed by atoms with Crippen molar-refractivity contribution in [3.05, 3.63) is 41.2 Å². The van der Waals surface area contributed by atoms with E-state index in [-0.39, 0.29) is 17.9 Å². The summed E-state index contributed by atoms with van der Waals surface area (Å²) in [5.74, 6) is 2.19. The number of aromatic nitrogens is 3. The van der Waals surface area contributed by atoms with Crippen LogP contribution in [0.2, 0.25) is 0 Å². The average Bonchev–Trinajstić information content (AvgIpc) is 3.58. The van der Waals surface area contributed by atoms with Gasteiger partial charge in [-0.25, -0.2) is 4.98 Å². The number of pyridine rings is 1. The predicted molar refractivity (Wildman–Crippen MR) is 117 cm³/mol. The van der Waals surface area contributed by atoms with E-state index in [9.17, 15) is 9.59 Å². The summed E-state index contributed by atoms with van der Waals surface area (Å²) in [4.78, 5) is 35.4. The van der Waals surface area contributed by atoms with Gasteiger partial charge in [-0.3, -0.25) is 14.5 Å². The van der Waals surface area contributed by atoms with Crippen LogP contribution in [-0.2, 0) is 4.79 Å². The van der Waals surface area contributed by atoms with E-state index in [1.807, 2.05) is 18.0 Å². The van der Waals surface area contributed by atoms with Crippen LogP contribution in [0.25, 0.3) is 0 Å². The number of hydrogen-bond donors (Lipinski definition) is 0. The van der Waals surface area contributed by atoms with Crippen LogP contribution in [0.3, 0.4) is 0 Å². The van der Waals surface area contributed by atoms with Crippen molar-refractivity contribution >= 4 is 23.5 Å². The fourth-order valence-corrected chi connectivity index (χ4v) is 4.59. The van der Waals surface area contributed by atoms with Gasteiger partial charge in [0.05, 0.1) is 0 Å². The van der Waals surface area contributed by atoms with Gasteiger partial charge in [-0.05, 0) is 62.3 Å². The number of hydrogen-bond acceptors (Lipinski definition) is 6. The van der Waals surface area contributed by atoms with Gasteiger partial charge < -0.3 is 9.80 Å². The number of carbonyl (C=O) groups excluding carboxylic acids is 2. The molecule has 0 N–H and O–H groups in total. The molecule has 1 unspecified atom stereocenters. The molecule has 1 saturated carbocycles. The summed E-state index contributed by atoms with van der Waals surface area (Å²) in [5.41, 5.74) is 2.87. The van der Waals surface area contributed by atoms with E-state index < -0.39 is 0 Å². The summed E-state index contributed by atoms with van der Waals surface area (Å²) in [5, 5.41) is 8.30. The summed E-state index contributed by atoms with van der Waals surface area (Å²) in [6, 6.07) is 5.79. The second-order valence-electron chi connectivity index (χ2n) is 8.89. The van der Waals surface area contributed by atoms with Crippen LogP contribution >= 0.6 is 0 Å². The minimum Gasteiger partial charge on any atom is -0.353 e. The number of nitrogens with zero attached hydrogens (tertiary/aromatic N) is 6. The fraction of sp³-hybridized carbons (Fsp3) is 0.522. The van der Waals surface area contributed by atoms with Gasteiger partial charge in [-0.2, -0.15) is 0 Å². The van der Waals surface area contributed by atoms with Crippen LogP contribution in [0.1, 0.15) is 60.1 Å². The highest BCUT2D eigenvalue weighted by Crippen LogP contribution is 2.40. The molecule has 8 nitrogen and oxygen atoms in total. The average molecular weight is 421 g/mol. The number of rotatable bonds is 4. The molecule has 0 bridgehead atoms. The van der Waals surface area contributed by atoms with Crippen LogP contribution < -0.4 is 9.80 Å². The normalized spacial score (nSPS) is 21.7. The van der Waals surface area contributed by atoms with E-state index in [1.54, 1.807) is 17.0 Å². The van der Waals surface area contributed by atoms with Gasteiger partial charge in [-0.1, -0.05) is 6.07 Å². The van der Waals surface area contributed by atoms with Crippen molar-refractivity contribution < 1.29 is 9.59 Å².